The van der Waals surface area contributed by atoms with Gasteiger partial charge in [0.1, 0.15) is 0 Å². The minimum atomic E-state index is -0.0106. The van der Waals surface area contributed by atoms with E-state index in [-0.39, 0.29) is 5.91 Å². The molecule has 2 nitrogen and oxygen atoms in total. The Bertz CT molecular complexity index is 420. The molecule has 0 aliphatic rings. The Kier molecular flexibility index (Phi) is 4.94. The van der Waals surface area contributed by atoms with Crippen LogP contribution in [0.15, 0.2) is 18.2 Å². The summed E-state index contributed by atoms with van der Waals surface area (Å²) in [6.07, 6.45) is 5.10. The fraction of sp³-hybridized carbons (Fsp3) is 0.308. The average Bonchev–Trinajstić information content (AvgIpc) is 2.24. The van der Waals surface area contributed by atoms with Gasteiger partial charge in [0.25, 0.3) is 0 Å². The molecule has 0 unspecified atom stereocenters. The van der Waals surface area contributed by atoms with Gasteiger partial charge in [0.05, 0.1) is 11.5 Å². The van der Waals surface area contributed by atoms with Crippen molar-refractivity contribution in [1.82, 2.24) is 0 Å². The van der Waals surface area contributed by atoms with Gasteiger partial charge in [-0.05, 0) is 37.1 Å². The maximum atomic E-state index is 11.5. The van der Waals surface area contributed by atoms with E-state index in [9.17, 15) is 4.79 Å². The van der Waals surface area contributed by atoms with E-state index in [2.05, 4.69) is 11.2 Å². The molecule has 0 saturated heterocycles. The molecule has 3 heteroatoms. The molecule has 84 valence electrons. The largest absolute Gasteiger partial charge is 0.325 e. The molecule has 0 bridgehead atoms. The van der Waals surface area contributed by atoms with Crippen LogP contribution in [-0.2, 0) is 4.79 Å². The van der Waals surface area contributed by atoms with Gasteiger partial charge >= 0.3 is 0 Å². The van der Waals surface area contributed by atoms with E-state index in [1.54, 1.807) is 0 Å². The molecular formula is C13H15NOS. The Hall–Kier alpha value is -1.40. The first-order chi connectivity index (χ1) is 7.63. The highest BCUT2D eigenvalue weighted by Crippen LogP contribution is 2.14. The molecule has 0 aliphatic carbocycles. The molecule has 1 amide bonds. The maximum Gasteiger partial charge on any atom is 0.234 e. The van der Waals surface area contributed by atoms with Crippen molar-refractivity contribution in [2.75, 3.05) is 16.8 Å². The van der Waals surface area contributed by atoms with Crippen LogP contribution in [0.25, 0.3) is 0 Å². The number of benzene rings is 1. The third-order valence-electron chi connectivity index (χ3n) is 2.21. The quantitative estimate of drug-likeness (QED) is 0.640. The number of rotatable bonds is 4. The smallest absolute Gasteiger partial charge is 0.234 e. The molecule has 1 aromatic rings. The zero-order valence-electron chi connectivity index (χ0n) is 9.54. The Morgan fingerprint density at radius 3 is 2.81 bits per heavy atom. The van der Waals surface area contributed by atoms with Gasteiger partial charge in [-0.25, -0.2) is 0 Å². The predicted molar refractivity (Wildman–Crippen MR) is 70.7 cm³/mol. The summed E-state index contributed by atoms with van der Waals surface area (Å²) in [6, 6.07) is 5.88. The summed E-state index contributed by atoms with van der Waals surface area (Å²) >= 11 is 1.44. The van der Waals surface area contributed by atoms with E-state index < -0.39 is 0 Å². The number of amides is 1. The molecule has 1 N–H and O–H groups in total. The number of hydrogen-bond donors (Lipinski definition) is 1. The summed E-state index contributed by atoms with van der Waals surface area (Å²) in [5, 5.41) is 2.84. The molecule has 0 spiro atoms. The molecular weight excluding hydrogens is 218 g/mol. The first kappa shape index (κ1) is 12.7. The maximum absolute atomic E-state index is 11.5. The van der Waals surface area contributed by atoms with Gasteiger partial charge in [-0.15, -0.1) is 18.2 Å². The van der Waals surface area contributed by atoms with Crippen LogP contribution in [0.4, 0.5) is 5.69 Å². The van der Waals surface area contributed by atoms with E-state index in [0.29, 0.717) is 11.5 Å². The molecule has 0 radical (unpaired) electrons. The SMILES string of the molecule is C#CCSCC(=O)Nc1ccc(C)c(C)c1. The molecule has 0 saturated carbocycles. The molecule has 0 aromatic heterocycles. The van der Waals surface area contributed by atoms with E-state index >= 15 is 0 Å². The van der Waals surface area contributed by atoms with Gasteiger partial charge < -0.3 is 5.32 Å². The number of aryl methyl sites for hydroxylation is 2. The number of thioether (sulfide) groups is 1. The summed E-state index contributed by atoms with van der Waals surface area (Å²) in [5.41, 5.74) is 3.24. The Morgan fingerprint density at radius 2 is 2.19 bits per heavy atom. The second-order valence-corrected chi connectivity index (χ2v) is 4.53. The normalized spacial score (nSPS) is 9.56. The Balaban J connectivity index is 2.50. The summed E-state index contributed by atoms with van der Waals surface area (Å²) < 4.78 is 0. The number of anilines is 1. The Morgan fingerprint density at radius 1 is 1.44 bits per heavy atom. The summed E-state index contributed by atoms with van der Waals surface area (Å²) in [5.74, 6) is 3.45. The van der Waals surface area contributed by atoms with E-state index in [4.69, 9.17) is 6.42 Å². The fourth-order valence-corrected chi connectivity index (χ4v) is 1.70. The highest BCUT2D eigenvalue weighted by molar-refractivity contribution is 8.00. The van der Waals surface area contributed by atoms with Crippen molar-refractivity contribution >= 4 is 23.4 Å². The molecule has 0 aliphatic heterocycles. The van der Waals surface area contributed by atoms with Crippen molar-refractivity contribution in [2.45, 2.75) is 13.8 Å². The van der Waals surface area contributed by atoms with E-state index in [0.717, 1.165) is 5.69 Å². The molecule has 1 aromatic carbocycles. The molecule has 1 rings (SSSR count). The molecule has 0 heterocycles. The highest BCUT2D eigenvalue weighted by Gasteiger charge is 2.02. The van der Waals surface area contributed by atoms with Gasteiger partial charge in [0.2, 0.25) is 5.91 Å². The first-order valence-electron chi connectivity index (χ1n) is 5.02. The van der Waals surface area contributed by atoms with Crippen LogP contribution < -0.4 is 5.32 Å². The minimum absolute atomic E-state index is 0.0106. The van der Waals surface area contributed by atoms with Crippen molar-refractivity contribution in [3.63, 3.8) is 0 Å². The van der Waals surface area contributed by atoms with Gasteiger partial charge in [-0.1, -0.05) is 12.0 Å². The number of carbonyl (C=O) groups is 1. The average molecular weight is 233 g/mol. The van der Waals surface area contributed by atoms with Crippen molar-refractivity contribution in [2.24, 2.45) is 0 Å². The highest BCUT2D eigenvalue weighted by atomic mass is 32.2. The lowest BCUT2D eigenvalue weighted by Crippen LogP contribution is -2.14. The standard InChI is InChI=1S/C13H15NOS/c1-4-7-16-9-13(15)14-12-6-5-10(2)11(3)8-12/h1,5-6,8H,7,9H2,2-3H3,(H,14,15). The van der Waals surface area contributed by atoms with Crippen LogP contribution in [0.2, 0.25) is 0 Å². The van der Waals surface area contributed by atoms with Crippen molar-refractivity contribution in [3.05, 3.63) is 29.3 Å². The fourth-order valence-electron chi connectivity index (χ4n) is 1.22. The van der Waals surface area contributed by atoms with E-state index in [1.165, 1.54) is 22.9 Å². The van der Waals surface area contributed by atoms with Crippen molar-refractivity contribution < 1.29 is 4.79 Å². The van der Waals surface area contributed by atoms with Gasteiger partial charge in [-0.3, -0.25) is 4.79 Å². The number of hydrogen-bond acceptors (Lipinski definition) is 2. The molecule has 0 atom stereocenters. The second kappa shape index (κ2) is 6.24. The van der Waals surface area contributed by atoms with Crippen LogP contribution in [-0.4, -0.2) is 17.4 Å². The Labute approximate surface area is 101 Å². The number of carbonyl (C=O) groups excluding carboxylic acids is 1. The zero-order valence-corrected chi connectivity index (χ0v) is 10.4. The first-order valence-corrected chi connectivity index (χ1v) is 6.17. The second-order valence-electron chi connectivity index (χ2n) is 3.54. The summed E-state index contributed by atoms with van der Waals surface area (Å²) in [6.45, 7) is 4.07. The van der Waals surface area contributed by atoms with Crippen LogP contribution in [0.5, 0.6) is 0 Å². The van der Waals surface area contributed by atoms with Crippen molar-refractivity contribution in [1.29, 1.82) is 0 Å². The van der Waals surface area contributed by atoms with Gasteiger partial charge in [0, 0.05) is 5.69 Å². The van der Waals surface area contributed by atoms with Crippen LogP contribution >= 0.6 is 11.8 Å². The predicted octanol–water partition coefficient (Wildman–Crippen LogP) is 2.61. The third kappa shape index (κ3) is 4.00. The number of terminal acetylenes is 1. The van der Waals surface area contributed by atoms with Gasteiger partial charge in [-0.2, -0.15) is 0 Å². The molecule has 0 fully saturated rings. The lowest BCUT2D eigenvalue weighted by molar-refractivity contribution is -0.113. The van der Waals surface area contributed by atoms with Crippen LogP contribution in [0, 0.1) is 26.2 Å². The van der Waals surface area contributed by atoms with Crippen LogP contribution in [0.3, 0.4) is 0 Å². The molecule has 16 heavy (non-hydrogen) atoms. The van der Waals surface area contributed by atoms with Crippen molar-refractivity contribution in [3.8, 4) is 12.3 Å². The minimum Gasteiger partial charge on any atom is -0.325 e. The van der Waals surface area contributed by atoms with Gasteiger partial charge in [0.15, 0.2) is 0 Å². The monoisotopic (exact) mass is 233 g/mol. The summed E-state index contributed by atoms with van der Waals surface area (Å²) in [4.78, 5) is 11.5. The topological polar surface area (TPSA) is 29.1 Å². The number of nitrogens with one attached hydrogen (secondary N) is 1. The summed E-state index contributed by atoms with van der Waals surface area (Å²) in [7, 11) is 0. The van der Waals surface area contributed by atoms with Crippen LogP contribution in [0.1, 0.15) is 11.1 Å². The zero-order chi connectivity index (χ0) is 12.0. The van der Waals surface area contributed by atoms with E-state index in [1.807, 2.05) is 32.0 Å². The third-order valence-corrected chi connectivity index (χ3v) is 3.05. The lowest BCUT2D eigenvalue weighted by Gasteiger charge is -2.06. The lowest BCUT2D eigenvalue weighted by atomic mass is 10.1.